The van der Waals surface area contributed by atoms with Gasteiger partial charge < -0.3 is 9.30 Å². The standard InChI is InChI=1S/C22H25N3O4S2/c1-4-19-24-21(30-3)20(22(26)29-5-2)25(19)14-15-11-12-17(16-9-7-6-8-10-16)18(13-15)31(23,27)28/h6-13H,4-5,14H2,1-3H3,(H2,23,27,28). The van der Waals surface area contributed by atoms with Crippen molar-refractivity contribution in [3.05, 3.63) is 65.6 Å². The van der Waals surface area contributed by atoms with Gasteiger partial charge in [0.2, 0.25) is 10.0 Å². The number of aromatic nitrogens is 2. The Balaban J connectivity index is 2.12. The summed E-state index contributed by atoms with van der Waals surface area (Å²) >= 11 is 1.37. The van der Waals surface area contributed by atoms with Gasteiger partial charge in [0.05, 0.1) is 11.5 Å². The van der Waals surface area contributed by atoms with Gasteiger partial charge in [-0.2, -0.15) is 0 Å². The quantitative estimate of drug-likeness (QED) is 0.407. The van der Waals surface area contributed by atoms with Crippen LogP contribution >= 0.6 is 11.8 Å². The fourth-order valence-electron chi connectivity index (χ4n) is 3.39. The minimum atomic E-state index is -3.97. The van der Waals surface area contributed by atoms with E-state index in [1.54, 1.807) is 23.6 Å². The molecule has 1 heterocycles. The lowest BCUT2D eigenvalue weighted by molar-refractivity contribution is 0.0509. The molecule has 0 aliphatic carbocycles. The first-order chi connectivity index (χ1) is 14.8. The molecule has 0 amide bonds. The van der Waals surface area contributed by atoms with Gasteiger partial charge >= 0.3 is 5.97 Å². The number of imidazole rings is 1. The fourth-order valence-corrected chi connectivity index (χ4v) is 4.79. The van der Waals surface area contributed by atoms with Crippen LogP contribution in [0.3, 0.4) is 0 Å². The Hall–Kier alpha value is -2.62. The smallest absolute Gasteiger partial charge is 0.357 e. The lowest BCUT2D eigenvalue weighted by Crippen LogP contribution is -2.17. The molecule has 2 N–H and O–H groups in total. The van der Waals surface area contributed by atoms with Crippen molar-refractivity contribution >= 4 is 27.8 Å². The number of sulfonamides is 1. The molecular formula is C22H25N3O4S2. The number of hydrogen-bond acceptors (Lipinski definition) is 6. The van der Waals surface area contributed by atoms with Crippen molar-refractivity contribution in [3.8, 4) is 11.1 Å². The van der Waals surface area contributed by atoms with E-state index in [-0.39, 0.29) is 18.0 Å². The van der Waals surface area contributed by atoms with E-state index in [0.29, 0.717) is 28.3 Å². The molecule has 0 unspecified atom stereocenters. The molecule has 0 atom stereocenters. The number of esters is 1. The monoisotopic (exact) mass is 459 g/mol. The first-order valence-electron chi connectivity index (χ1n) is 9.81. The molecule has 31 heavy (non-hydrogen) atoms. The van der Waals surface area contributed by atoms with Crippen LogP contribution in [-0.2, 0) is 27.7 Å². The van der Waals surface area contributed by atoms with Gasteiger partial charge in [0.1, 0.15) is 10.9 Å². The maximum Gasteiger partial charge on any atom is 0.357 e. The third-order valence-corrected chi connectivity index (χ3v) is 6.39. The summed E-state index contributed by atoms with van der Waals surface area (Å²) in [6.07, 6.45) is 2.46. The van der Waals surface area contributed by atoms with Gasteiger partial charge in [-0.25, -0.2) is 23.3 Å². The van der Waals surface area contributed by atoms with E-state index in [9.17, 15) is 13.2 Å². The van der Waals surface area contributed by atoms with Gasteiger partial charge in [0.15, 0.2) is 5.69 Å². The number of benzene rings is 2. The van der Waals surface area contributed by atoms with E-state index in [2.05, 4.69) is 4.98 Å². The second-order valence-electron chi connectivity index (χ2n) is 6.79. The molecular weight excluding hydrogens is 434 g/mol. The van der Waals surface area contributed by atoms with E-state index in [1.807, 2.05) is 49.6 Å². The molecule has 9 heteroatoms. The zero-order valence-corrected chi connectivity index (χ0v) is 19.3. The number of hydrogen-bond donors (Lipinski definition) is 1. The molecule has 3 rings (SSSR count). The summed E-state index contributed by atoms with van der Waals surface area (Å²) in [6.45, 7) is 4.22. The summed E-state index contributed by atoms with van der Waals surface area (Å²) < 4.78 is 31.7. The van der Waals surface area contributed by atoms with Crippen LogP contribution in [0.5, 0.6) is 0 Å². The van der Waals surface area contributed by atoms with E-state index in [1.165, 1.54) is 11.8 Å². The van der Waals surface area contributed by atoms with Crippen molar-refractivity contribution in [1.82, 2.24) is 9.55 Å². The largest absolute Gasteiger partial charge is 0.461 e. The van der Waals surface area contributed by atoms with Gasteiger partial charge in [-0.3, -0.25) is 0 Å². The molecule has 3 aromatic rings. The normalized spacial score (nSPS) is 11.5. The van der Waals surface area contributed by atoms with E-state index < -0.39 is 16.0 Å². The van der Waals surface area contributed by atoms with Crippen LogP contribution in [0.2, 0.25) is 0 Å². The molecule has 0 bridgehead atoms. The number of ether oxygens (including phenoxy) is 1. The minimum absolute atomic E-state index is 0.0390. The number of rotatable bonds is 8. The third kappa shape index (κ3) is 5.00. The third-order valence-electron chi connectivity index (χ3n) is 4.77. The topological polar surface area (TPSA) is 104 Å². The molecule has 0 saturated heterocycles. The number of carbonyl (C=O) groups excluding carboxylic acids is 1. The molecule has 0 saturated carbocycles. The van der Waals surface area contributed by atoms with Gasteiger partial charge in [0, 0.05) is 18.5 Å². The zero-order chi connectivity index (χ0) is 22.6. The maximum atomic E-state index is 12.6. The zero-order valence-electron chi connectivity index (χ0n) is 17.7. The molecule has 1 aromatic heterocycles. The van der Waals surface area contributed by atoms with Crippen molar-refractivity contribution < 1.29 is 17.9 Å². The second-order valence-corrected chi connectivity index (χ2v) is 9.11. The predicted octanol–water partition coefficient (Wildman–Crippen LogP) is 3.71. The summed E-state index contributed by atoms with van der Waals surface area (Å²) in [5.41, 5.74) is 2.35. The summed E-state index contributed by atoms with van der Waals surface area (Å²) in [5, 5.41) is 6.12. The van der Waals surface area contributed by atoms with Crippen molar-refractivity contribution in [2.75, 3.05) is 12.9 Å². The van der Waals surface area contributed by atoms with Crippen LogP contribution in [0.1, 0.15) is 35.7 Å². The molecule has 0 spiro atoms. The first-order valence-corrected chi connectivity index (χ1v) is 12.6. The number of nitrogens with zero attached hydrogens (tertiary/aromatic N) is 2. The van der Waals surface area contributed by atoms with Crippen LogP contribution in [-0.4, -0.2) is 36.8 Å². The Bertz CT molecular complexity index is 1190. The van der Waals surface area contributed by atoms with Crippen LogP contribution in [0.15, 0.2) is 58.5 Å². The van der Waals surface area contributed by atoms with Crippen molar-refractivity contribution in [1.29, 1.82) is 0 Å². The Morgan fingerprint density at radius 3 is 2.45 bits per heavy atom. The number of aryl methyl sites for hydroxylation is 1. The van der Waals surface area contributed by atoms with E-state index in [0.717, 1.165) is 11.4 Å². The maximum absolute atomic E-state index is 12.6. The van der Waals surface area contributed by atoms with Crippen LogP contribution in [0.25, 0.3) is 11.1 Å². The predicted molar refractivity (Wildman–Crippen MR) is 122 cm³/mol. The van der Waals surface area contributed by atoms with Crippen LogP contribution in [0, 0.1) is 0 Å². The van der Waals surface area contributed by atoms with Crippen molar-refractivity contribution in [3.63, 3.8) is 0 Å². The van der Waals surface area contributed by atoms with Gasteiger partial charge in [-0.15, -0.1) is 11.8 Å². The summed E-state index contributed by atoms with van der Waals surface area (Å²) in [4.78, 5) is 17.2. The lowest BCUT2D eigenvalue weighted by Gasteiger charge is -2.14. The summed E-state index contributed by atoms with van der Waals surface area (Å²) in [7, 11) is -3.97. The summed E-state index contributed by atoms with van der Waals surface area (Å²) in [5.74, 6) is 0.267. The van der Waals surface area contributed by atoms with Crippen LogP contribution < -0.4 is 5.14 Å². The minimum Gasteiger partial charge on any atom is -0.461 e. The Morgan fingerprint density at radius 1 is 1.16 bits per heavy atom. The molecule has 0 aliphatic heterocycles. The lowest BCUT2D eigenvalue weighted by atomic mass is 10.0. The Morgan fingerprint density at radius 2 is 1.87 bits per heavy atom. The first kappa shape index (κ1) is 23.1. The SMILES string of the molecule is CCOC(=O)c1c(SC)nc(CC)n1Cc1ccc(-c2ccccc2)c(S(N)(=O)=O)c1. The fraction of sp³-hybridized carbons (Fsp3) is 0.273. The average Bonchev–Trinajstić information content (AvgIpc) is 3.11. The Kier molecular flexibility index (Phi) is 7.19. The average molecular weight is 460 g/mol. The molecule has 7 nitrogen and oxygen atoms in total. The highest BCUT2D eigenvalue weighted by Gasteiger charge is 2.24. The van der Waals surface area contributed by atoms with Crippen LogP contribution in [0.4, 0.5) is 0 Å². The second kappa shape index (κ2) is 9.67. The van der Waals surface area contributed by atoms with Gasteiger partial charge in [0.25, 0.3) is 0 Å². The van der Waals surface area contributed by atoms with Crippen molar-refractivity contribution in [2.24, 2.45) is 5.14 Å². The van der Waals surface area contributed by atoms with E-state index >= 15 is 0 Å². The molecule has 0 aliphatic rings. The number of thioether (sulfide) groups is 1. The highest BCUT2D eigenvalue weighted by Crippen LogP contribution is 2.29. The molecule has 0 fully saturated rings. The number of primary sulfonamides is 1. The highest BCUT2D eigenvalue weighted by molar-refractivity contribution is 7.98. The molecule has 164 valence electrons. The summed E-state index contributed by atoms with van der Waals surface area (Å²) in [6, 6.07) is 14.3. The number of nitrogens with two attached hydrogens (primary N) is 1. The van der Waals surface area contributed by atoms with Gasteiger partial charge in [-0.05, 0) is 30.4 Å². The van der Waals surface area contributed by atoms with Gasteiger partial charge in [-0.1, -0.05) is 49.4 Å². The highest BCUT2D eigenvalue weighted by atomic mass is 32.2. The number of carbonyl (C=O) groups is 1. The van der Waals surface area contributed by atoms with Crippen molar-refractivity contribution in [2.45, 2.75) is 36.7 Å². The Labute approximate surface area is 186 Å². The molecule has 2 aromatic carbocycles. The molecule has 0 radical (unpaired) electrons. The van der Waals surface area contributed by atoms with E-state index in [4.69, 9.17) is 9.88 Å².